The Balaban J connectivity index is 1.11. The molecule has 0 aromatic rings. The van der Waals surface area contributed by atoms with E-state index in [2.05, 4.69) is 40.7 Å². The molecule has 0 bridgehead atoms. The summed E-state index contributed by atoms with van der Waals surface area (Å²) in [5, 5.41) is 141. The van der Waals surface area contributed by atoms with Gasteiger partial charge in [0.2, 0.25) is 6.29 Å². The highest BCUT2D eigenvalue weighted by Gasteiger charge is 2.73. The van der Waals surface area contributed by atoms with E-state index >= 15 is 4.79 Å². The van der Waals surface area contributed by atoms with E-state index in [0.717, 1.165) is 5.57 Å². The second kappa shape index (κ2) is 18.7. The third kappa shape index (κ3) is 8.16. The Kier molecular flexibility index (Phi) is 14.5. The van der Waals surface area contributed by atoms with E-state index in [1.807, 2.05) is 0 Å². The lowest BCUT2D eigenvalue weighted by atomic mass is 9.33. The van der Waals surface area contributed by atoms with Crippen LogP contribution >= 0.6 is 0 Å². The average molecular weight is 989 g/mol. The van der Waals surface area contributed by atoms with Gasteiger partial charge in [-0.1, -0.05) is 46.3 Å². The van der Waals surface area contributed by atoms with E-state index < -0.39 is 169 Å². The van der Waals surface area contributed by atoms with Gasteiger partial charge in [-0.2, -0.15) is 0 Å². The van der Waals surface area contributed by atoms with Crippen LogP contribution in [0.4, 0.5) is 0 Å². The number of allylic oxidation sites excluding steroid dienone is 2. The summed E-state index contributed by atoms with van der Waals surface area (Å²) in [6, 6.07) is 0. The Morgan fingerprint density at radius 3 is 1.84 bits per heavy atom. The minimum absolute atomic E-state index is 0.0214. The van der Waals surface area contributed by atoms with Gasteiger partial charge in [-0.3, -0.25) is 9.59 Å². The van der Waals surface area contributed by atoms with Crippen LogP contribution in [0.5, 0.6) is 0 Å². The molecule has 21 heteroatoms. The van der Waals surface area contributed by atoms with E-state index in [4.69, 9.17) is 28.4 Å². The maximum absolute atomic E-state index is 15.3. The van der Waals surface area contributed by atoms with Crippen LogP contribution in [0.3, 0.4) is 0 Å². The van der Waals surface area contributed by atoms with Crippen molar-refractivity contribution in [2.75, 3.05) is 19.8 Å². The fourth-order valence-corrected chi connectivity index (χ4v) is 14.9. The third-order valence-electron chi connectivity index (χ3n) is 19.4. The lowest BCUT2D eigenvalue weighted by Crippen LogP contribution is -2.69. The molecule has 0 unspecified atom stereocenters. The molecule has 4 saturated carbocycles. The van der Waals surface area contributed by atoms with Crippen LogP contribution in [-0.2, 0) is 38.0 Å². The summed E-state index contributed by atoms with van der Waals surface area (Å²) in [4.78, 5) is 28.2. The molecule has 21 nitrogen and oxygen atoms in total. The van der Waals surface area contributed by atoms with Gasteiger partial charge in [-0.15, -0.1) is 0 Å². The van der Waals surface area contributed by atoms with Crippen molar-refractivity contribution < 1.29 is 104 Å². The summed E-state index contributed by atoms with van der Waals surface area (Å²) in [7, 11) is 0. The van der Waals surface area contributed by atoms with Gasteiger partial charge in [0, 0.05) is 0 Å². The molecular formula is C48H76O21. The summed E-state index contributed by atoms with van der Waals surface area (Å²) in [5.41, 5.74) is -3.86. The molecule has 8 rings (SSSR count). The highest BCUT2D eigenvalue weighted by atomic mass is 16.8. The van der Waals surface area contributed by atoms with Gasteiger partial charge in [0.15, 0.2) is 12.6 Å². The molecule has 69 heavy (non-hydrogen) atoms. The first-order valence-corrected chi connectivity index (χ1v) is 24.6. The molecule has 394 valence electrons. The molecule has 0 spiro atoms. The number of esters is 1. The summed E-state index contributed by atoms with van der Waals surface area (Å²) < 4.78 is 34.8. The number of hydrogen-bond acceptors (Lipinski definition) is 20. The lowest BCUT2D eigenvalue weighted by molar-refractivity contribution is -0.363. The van der Waals surface area contributed by atoms with Crippen molar-refractivity contribution in [2.24, 2.45) is 50.2 Å². The number of ether oxygens (including phenoxy) is 6. The van der Waals surface area contributed by atoms with Gasteiger partial charge < -0.3 is 94.8 Å². The Morgan fingerprint density at radius 2 is 1.23 bits per heavy atom. The first kappa shape index (κ1) is 53.3. The summed E-state index contributed by atoms with van der Waals surface area (Å²) in [6.45, 7) is 10.0. The maximum Gasteiger partial charge on any atom is 0.317 e. The zero-order chi connectivity index (χ0) is 50.7. The number of rotatable bonds is 10. The monoisotopic (exact) mass is 988 g/mol. The van der Waals surface area contributed by atoms with Crippen LogP contribution in [0, 0.1) is 50.2 Å². The summed E-state index contributed by atoms with van der Waals surface area (Å²) in [5.74, 6) is -2.84. The van der Waals surface area contributed by atoms with Crippen LogP contribution < -0.4 is 0 Å². The molecule has 25 atom stereocenters. The van der Waals surface area contributed by atoms with Gasteiger partial charge in [0.1, 0.15) is 78.7 Å². The molecule has 0 aromatic heterocycles. The van der Waals surface area contributed by atoms with Gasteiger partial charge in [-0.05, 0) is 104 Å². The predicted molar refractivity (Wildman–Crippen MR) is 234 cm³/mol. The van der Waals surface area contributed by atoms with Crippen molar-refractivity contribution >= 4 is 11.9 Å². The van der Waals surface area contributed by atoms with Crippen molar-refractivity contribution in [1.29, 1.82) is 0 Å². The molecule has 5 aliphatic carbocycles. The lowest BCUT2D eigenvalue weighted by Gasteiger charge is -2.71. The number of carbonyl (C=O) groups is 2. The number of hydrogen-bond donors (Lipinski definition) is 13. The molecule has 3 saturated heterocycles. The Labute approximate surface area is 400 Å². The van der Waals surface area contributed by atoms with Gasteiger partial charge >= 0.3 is 11.9 Å². The SMILES string of the molecule is CC1(C)CC[C@]2(C(=O)O[C@@H]3O[C@H](CO[C@@H]4O[C@H](CO)[C@@H](O)[C@H](O)[C@H]4O)[C@@H](O)[C@H](O[C@@H]4O[C@H](CO)[C@@H](O)[C@H](O)[C@H]4O)[C@H]3O)[C@H](O)C[C@]3(C)C(=CC[C@@H]4[C@@]5(C)CC[C@H](O)[C@@](C)(C(=O)O)[C@@H]5CC[C@]43C)[C@@H]2C1. The molecule has 3 aliphatic heterocycles. The maximum atomic E-state index is 15.3. The van der Waals surface area contributed by atoms with Gasteiger partial charge in [0.25, 0.3) is 0 Å². The number of aliphatic hydroxyl groups is 12. The standard InChI is InChI=1S/C48H76O21/c1-43(2)13-14-48(21(15-43)20-7-8-25-44(3)11-10-27(51)47(6,41(61)62)26(44)9-12-45(25,4)46(20,5)16-28(48)52)42(63)69-40-36(60)37(68-39-35(59)33(57)30(54)23(18-50)66-39)31(55)24(67-40)19-64-38-34(58)32(56)29(53)22(17-49)65-38/h7,21-40,49-60H,8-19H2,1-6H3,(H,61,62)/t21-,22+,23+,24+,25+,26+,27-,28+,29+,30+,31+,32-,33-,34+,35+,36+,37-,38+,39-,40-,44+,45+,46+,47-,48+/m0/s1. The number of carboxylic acids is 1. The second-order valence-electron chi connectivity index (χ2n) is 23.4. The molecule has 3 heterocycles. The largest absolute Gasteiger partial charge is 0.481 e. The second-order valence-corrected chi connectivity index (χ2v) is 23.4. The van der Waals surface area contributed by atoms with Crippen LogP contribution in [-0.4, -0.2) is 202 Å². The quantitative estimate of drug-likeness (QED) is 0.0846. The summed E-state index contributed by atoms with van der Waals surface area (Å²) in [6.07, 6.45) is -23.1. The minimum Gasteiger partial charge on any atom is -0.481 e. The zero-order valence-corrected chi connectivity index (χ0v) is 40.2. The summed E-state index contributed by atoms with van der Waals surface area (Å²) >= 11 is 0. The first-order valence-electron chi connectivity index (χ1n) is 24.6. The van der Waals surface area contributed by atoms with E-state index in [0.29, 0.717) is 44.9 Å². The van der Waals surface area contributed by atoms with Crippen molar-refractivity contribution in [1.82, 2.24) is 0 Å². The third-order valence-corrected chi connectivity index (χ3v) is 19.4. The average Bonchev–Trinajstić information content (AvgIpc) is 3.29. The fraction of sp³-hybridized carbons (Fsp3) is 0.917. The Hall–Kier alpha value is -2.00. The molecule has 0 amide bonds. The number of fused-ring (bicyclic) bond motifs is 7. The van der Waals surface area contributed by atoms with Crippen LogP contribution in [0.25, 0.3) is 0 Å². The van der Waals surface area contributed by atoms with Gasteiger partial charge in [0.05, 0.1) is 37.4 Å². The minimum atomic E-state index is -2.07. The normalized spacial score (nSPS) is 53.9. The van der Waals surface area contributed by atoms with Crippen LogP contribution in [0.15, 0.2) is 11.6 Å². The molecular weight excluding hydrogens is 913 g/mol. The molecule has 7 fully saturated rings. The Morgan fingerprint density at radius 1 is 0.638 bits per heavy atom. The smallest absolute Gasteiger partial charge is 0.317 e. The molecule has 8 aliphatic rings. The van der Waals surface area contributed by atoms with E-state index in [1.165, 1.54) is 0 Å². The van der Waals surface area contributed by atoms with Crippen molar-refractivity contribution in [3.05, 3.63) is 11.6 Å². The van der Waals surface area contributed by atoms with Crippen LogP contribution in [0.1, 0.15) is 99.3 Å². The van der Waals surface area contributed by atoms with E-state index in [9.17, 15) is 71.2 Å². The predicted octanol–water partition coefficient (Wildman–Crippen LogP) is -1.82. The van der Waals surface area contributed by atoms with Crippen molar-refractivity contribution in [3.63, 3.8) is 0 Å². The highest BCUT2D eigenvalue weighted by molar-refractivity contribution is 5.80. The molecule has 0 aromatic carbocycles. The Bertz CT molecular complexity index is 1930. The van der Waals surface area contributed by atoms with Gasteiger partial charge in [-0.25, -0.2) is 0 Å². The first-order chi connectivity index (χ1) is 32.2. The van der Waals surface area contributed by atoms with Crippen molar-refractivity contribution in [3.8, 4) is 0 Å². The highest BCUT2D eigenvalue weighted by Crippen LogP contribution is 2.76. The number of carbonyl (C=O) groups excluding carboxylic acids is 1. The zero-order valence-electron chi connectivity index (χ0n) is 40.2. The fourth-order valence-electron chi connectivity index (χ4n) is 14.9. The topological polar surface area (TPSA) is 353 Å². The number of aliphatic carboxylic acids is 1. The van der Waals surface area contributed by atoms with E-state index in [1.54, 1.807) is 6.92 Å². The molecule has 0 radical (unpaired) electrons. The number of carboxylic acid groups (broad SMARTS) is 1. The van der Waals surface area contributed by atoms with Crippen molar-refractivity contribution in [2.45, 2.75) is 204 Å². The number of aliphatic hydroxyl groups excluding tert-OH is 12. The van der Waals surface area contributed by atoms with Crippen LogP contribution in [0.2, 0.25) is 0 Å². The molecule has 13 N–H and O–H groups in total. The van der Waals surface area contributed by atoms with E-state index in [-0.39, 0.29) is 30.1 Å².